The maximum atomic E-state index is 11.9. The van der Waals surface area contributed by atoms with Crippen LogP contribution in [0.5, 0.6) is 0 Å². The van der Waals surface area contributed by atoms with Crippen LogP contribution in [0.4, 0.5) is 0 Å². The third-order valence-corrected chi connectivity index (χ3v) is 3.90. The van der Waals surface area contributed by atoms with E-state index in [-0.39, 0.29) is 5.92 Å². The topological polar surface area (TPSA) is 99.5 Å². The number of rotatable bonds is 8. The van der Waals surface area contributed by atoms with Crippen molar-refractivity contribution < 1.29 is 23.9 Å². The molecule has 0 aliphatic carbocycles. The van der Waals surface area contributed by atoms with E-state index in [1.165, 1.54) is 17.9 Å². The molecule has 26 heavy (non-hydrogen) atoms. The van der Waals surface area contributed by atoms with E-state index in [1.807, 2.05) is 13.8 Å². The highest BCUT2D eigenvalue weighted by atomic mass is 35.5. The van der Waals surface area contributed by atoms with Crippen LogP contribution in [-0.4, -0.2) is 47.4 Å². The smallest absolute Gasteiger partial charge is 0.331 e. The van der Waals surface area contributed by atoms with Crippen molar-refractivity contribution in [2.75, 3.05) is 13.7 Å². The van der Waals surface area contributed by atoms with Gasteiger partial charge in [0.05, 0.1) is 12.8 Å². The van der Waals surface area contributed by atoms with Crippen molar-refractivity contribution >= 4 is 35.5 Å². The van der Waals surface area contributed by atoms with Crippen molar-refractivity contribution in [3.63, 3.8) is 0 Å². The van der Waals surface area contributed by atoms with Crippen LogP contribution in [0.2, 0.25) is 5.15 Å². The van der Waals surface area contributed by atoms with Gasteiger partial charge in [0, 0.05) is 18.7 Å². The summed E-state index contributed by atoms with van der Waals surface area (Å²) in [5.41, 5.74) is 1.26. The van der Waals surface area contributed by atoms with E-state index >= 15 is 0 Å². The maximum absolute atomic E-state index is 11.9. The molecular formula is C17H24ClN3O5. The fourth-order valence-corrected chi connectivity index (χ4v) is 2.47. The van der Waals surface area contributed by atoms with E-state index in [0.29, 0.717) is 22.8 Å². The number of aryl methyl sites for hydroxylation is 2. The van der Waals surface area contributed by atoms with E-state index in [0.717, 1.165) is 6.08 Å². The second-order valence-electron chi connectivity index (χ2n) is 6.13. The van der Waals surface area contributed by atoms with Gasteiger partial charge in [0.15, 0.2) is 6.61 Å². The summed E-state index contributed by atoms with van der Waals surface area (Å²) >= 11 is 6.06. The highest BCUT2D eigenvalue weighted by Crippen LogP contribution is 2.19. The number of amides is 1. The van der Waals surface area contributed by atoms with E-state index < -0.39 is 30.5 Å². The molecule has 8 nitrogen and oxygen atoms in total. The number of nitrogens with one attached hydrogen (secondary N) is 1. The Morgan fingerprint density at radius 1 is 1.35 bits per heavy atom. The van der Waals surface area contributed by atoms with Crippen LogP contribution in [0, 0.1) is 12.8 Å². The molecular weight excluding hydrogens is 362 g/mol. The van der Waals surface area contributed by atoms with Crippen LogP contribution in [-0.2, 0) is 30.9 Å². The van der Waals surface area contributed by atoms with Gasteiger partial charge < -0.3 is 14.8 Å². The summed E-state index contributed by atoms with van der Waals surface area (Å²) in [5.74, 6) is -1.66. The zero-order chi connectivity index (χ0) is 19.9. The fourth-order valence-electron chi connectivity index (χ4n) is 2.24. The lowest BCUT2D eigenvalue weighted by atomic mass is 10.0. The normalized spacial score (nSPS) is 12.3. The minimum absolute atomic E-state index is 0.178. The van der Waals surface area contributed by atoms with E-state index in [4.69, 9.17) is 16.3 Å². The van der Waals surface area contributed by atoms with Gasteiger partial charge in [0.2, 0.25) is 0 Å². The molecule has 1 N–H and O–H groups in total. The Labute approximate surface area is 157 Å². The molecule has 0 saturated carbocycles. The number of ether oxygens (including phenoxy) is 2. The lowest BCUT2D eigenvalue weighted by Gasteiger charge is -2.18. The number of aromatic nitrogens is 2. The number of hydrogen-bond acceptors (Lipinski definition) is 6. The van der Waals surface area contributed by atoms with Gasteiger partial charge in [-0.1, -0.05) is 25.4 Å². The number of esters is 2. The monoisotopic (exact) mass is 385 g/mol. The van der Waals surface area contributed by atoms with Crippen molar-refractivity contribution in [1.29, 1.82) is 0 Å². The van der Waals surface area contributed by atoms with Gasteiger partial charge in [-0.2, -0.15) is 5.10 Å². The van der Waals surface area contributed by atoms with Crippen LogP contribution < -0.4 is 5.32 Å². The maximum Gasteiger partial charge on any atom is 0.331 e. The molecule has 0 aliphatic rings. The number of halogens is 1. The third-order valence-electron chi connectivity index (χ3n) is 3.46. The predicted molar refractivity (Wildman–Crippen MR) is 96.3 cm³/mol. The van der Waals surface area contributed by atoms with Crippen LogP contribution in [0.15, 0.2) is 6.08 Å². The molecule has 1 heterocycles. The van der Waals surface area contributed by atoms with Crippen molar-refractivity contribution in [3.8, 4) is 0 Å². The van der Waals surface area contributed by atoms with Gasteiger partial charge in [0.25, 0.3) is 5.91 Å². The Bertz CT molecular complexity index is 697. The minimum atomic E-state index is -0.779. The summed E-state index contributed by atoms with van der Waals surface area (Å²) in [5, 5.41) is 7.01. The summed E-state index contributed by atoms with van der Waals surface area (Å²) in [6, 6.07) is -0.779. The van der Waals surface area contributed by atoms with Crippen LogP contribution in [0.25, 0.3) is 6.08 Å². The molecule has 9 heteroatoms. The SMILES string of the molecule is COC(=O)C(CC(C)C)NC(=O)COC(=O)/C=C/c1c(C)nn(C)c1Cl. The van der Waals surface area contributed by atoms with Crippen molar-refractivity contribution in [3.05, 3.63) is 22.5 Å². The summed E-state index contributed by atoms with van der Waals surface area (Å²) in [6.07, 6.45) is 3.06. The first-order valence-electron chi connectivity index (χ1n) is 8.06. The lowest BCUT2D eigenvalue weighted by molar-refractivity contribution is -0.148. The number of hydrogen-bond donors (Lipinski definition) is 1. The summed E-state index contributed by atoms with van der Waals surface area (Å²) in [6.45, 7) is 5.08. The van der Waals surface area contributed by atoms with E-state index in [1.54, 1.807) is 14.0 Å². The molecule has 1 aromatic heterocycles. The predicted octanol–water partition coefficient (Wildman–Crippen LogP) is 1.64. The van der Waals surface area contributed by atoms with Gasteiger partial charge in [-0.3, -0.25) is 9.48 Å². The minimum Gasteiger partial charge on any atom is -0.467 e. The molecule has 0 fully saturated rings. The van der Waals surface area contributed by atoms with Gasteiger partial charge in [-0.15, -0.1) is 0 Å². The summed E-state index contributed by atoms with van der Waals surface area (Å²) < 4.78 is 11.0. The third kappa shape index (κ3) is 6.51. The molecule has 0 radical (unpaired) electrons. The molecule has 0 aromatic carbocycles. The Balaban J connectivity index is 2.56. The van der Waals surface area contributed by atoms with Crippen molar-refractivity contribution in [2.45, 2.75) is 33.2 Å². The number of carbonyl (C=O) groups excluding carboxylic acids is 3. The zero-order valence-corrected chi connectivity index (χ0v) is 16.3. The quantitative estimate of drug-likeness (QED) is 0.539. The van der Waals surface area contributed by atoms with Crippen LogP contribution in [0.3, 0.4) is 0 Å². The standard InChI is InChI=1S/C17H24ClN3O5/c1-10(2)8-13(17(24)25-5)19-14(22)9-26-15(23)7-6-12-11(3)20-21(4)16(12)18/h6-7,10,13H,8-9H2,1-5H3,(H,19,22)/b7-6+. The first-order valence-corrected chi connectivity index (χ1v) is 8.44. The Kier molecular flexibility index (Phi) is 8.31. The molecule has 1 amide bonds. The lowest BCUT2D eigenvalue weighted by Crippen LogP contribution is -2.44. The molecule has 0 saturated heterocycles. The average molecular weight is 386 g/mol. The second-order valence-corrected chi connectivity index (χ2v) is 6.49. The molecule has 1 rings (SSSR count). The molecule has 1 unspecified atom stereocenters. The van der Waals surface area contributed by atoms with Gasteiger partial charge in [-0.25, -0.2) is 9.59 Å². The van der Waals surface area contributed by atoms with Crippen LogP contribution in [0.1, 0.15) is 31.5 Å². The summed E-state index contributed by atoms with van der Waals surface area (Å²) in [4.78, 5) is 35.3. The zero-order valence-electron chi connectivity index (χ0n) is 15.5. The van der Waals surface area contributed by atoms with Gasteiger partial charge in [-0.05, 0) is 25.3 Å². The number of carbonyl (C=O) groups is 3. The second kappa shape index (κ2) is 9.96. The van der Waals surface area contributed by atoms with Crippen LogP contribution >= 0.6 is 11.6 Å². The highest BCUT2D eigenvalue weighted by molar-refractivity contribution is 6.31. The molecule has 0 spiro atoms. The number of nitrogens with zero attached hydrogens (tertiary/aromatic N) is 2. The Morgan fingerprint density at radius 2 is 2.00 bits per heavy atom. The van der Waals surface area contributed by atoms with Gasteiger partial charge >= 0.3 is 11.9 Å². The van der Waals surface area contributed by atoms with Gasteiger partial charge in [0.1, 0.15) is 11.2 Å². The largest absolute Gasteiger partial charge is 0.467 e. The van der Waals surface area contributed by atoms with Crippen molar-refractivity contribution in [2.24, 2.45) is 13.0 Å². The Morgan fingerprint density at radius 3 is 2.50 bits per heavy atom. The molecule has 1 aromatic rings. The van der Waals surface area contributed by atoms with E-state index in [2.05, 4.69) is 15.2 Å². The molecule has 0 aliphatic heterocycles. The first-order chi connectivity index (χ1) is 12.1. The van der Waals surface area contributed by atoms with Crippen molar-refractivity contribution in [1.82, 2.24) is 15.1 Å². The molecule has 1 atom stereocenters. The molecule has 0 bridgehead atoms. The fraction of sp³-hybridized carbons (Fsp3) is 0.529. The summed E-state index contributed by atoms with van der Waals surface area (Å²) in [7, 11) is 2.93. The highest BCUT2D eigenvalue weighted by Gasteiger charge is 2.22. The number of methoxy groups -OCH3 is 1. The molecule has 144 valence electrons. The first kappa shape index (κ1) is 21.7. The van der Waals surface area contributed by atoms with E-state index in [9.17, 15) is 14.4 Å². The Hall–Kier alpha value is -2.35. The average Bonchev–Trinajstić information content (AvgIpc) is 2.81.